The average Bonchev–Trinajstić information content (AvgIpc) is 2.24. The fourth-order valence-electron chi connectivity index (χ4n) is 1.26. The molecule has 0 saturated heterocycles. The van der Waals surface area contributed by atoms with E-state index in [1.54, 1.807) is 51.1 Å². The molecule has 1 atom stereocenters. The molecule has 0 unspecified atom stereocenters. The Morgan fingerprint density at radius 3 is 2.17 bits per heavy atom. The van der Waals surface area contributed by atoms with Crippen molar-refractivity contribution in [2.75, 3.05) is 0 Å². The molecular weight excluding hydrogens is 236 g/mol. The zero-order chi connectivity index (χ0) is 13.8. The van der Waals surface area contributed by atoms with Crippen molar-refractivity contribution in [1.82, 2.24) is 0 Å². The number of benzene rings is 1. The average molecular weight is 252 g/mol. The molecule has 0 aliphatic heterocycles. The molecule has 1 N–H and O–H groups in total. The van der Waals surface area contributed by atoms with Crippen molar-refractivity contribution in [3.8, 4) is 0 Å². The van der Waals surface area contributed by atoms with Crippen molar-refractivity contribution in [2.24, 2.45) is 0 Å². The second-order valence-electron chi connectivity index (χ2n) is 4.71. The van der Waals surface area contributed by atoms with Gasteiger partial charge in [0.1, 0.15) is 5.60 Å². The number of rotatable bonds is 3. The van der Waals surface area contributed by atoms with Crippen LogP contribution in [0.25, 0.3) is 0 Å². The van der Waals surface area contributed by atoms with Gasteiger partial charge in [0.15, 0.2) is 0 Å². The summed E-state index contributed by atoms with van der Waals surface area (Å²) in [6, 6.07) is 8.23. The van der Waals surface area contributed by atoms with Crippen LogP contribution in [0.3, 0.4) is 0 Å². The van der Waals surface area contributed by atoms with Gasteiger partial charge in [0.05, 0.1) is 0 Å². The minimum absolute atomic E-state index is 0.385. The van der Waals surface area contributed by atoms with Crippen LogP contribution >= 0.6 is 0 Å². The fraction of sp³-hybridized carbons (Fsp3) is 0.385. The molecule has 0 fully saturated rings. The summed E-state index contributed by atoms with van der Waals surface area (Å²) in [5, 5.41) is 9.04. The predicted molar refractivity (Wildman–Crippen MR) is 64.1 cm³/mol. The van der Waals surface area contributed by atoms with Crippen LogP contribution in [0.1, 0.15) is 32.4 Å². The maximum absolute atomic E-state index is 11.4. The number of carbonyl (C=O) groups is 2. The van der Waals surface area contributed by atoms with Gasteiger partial charge >= 0.3 is 12.1 Å². The summed E-state index contributed by atoms with van der Waals surface area (Å²) in [5.74, 6) is -1.24. The summed E-state index contributed by atoms with van der Waals surface area (Å²) in [6.07, 6.45) is -2.36. The highest BCUT2D eigenvalue weighted by atomic mass is 16.7. The Hall–Kier alpha value is -2.04. The smallest absolute Gasteiger partial charge is 0.478 e. The summed E-state index contributed by atoms with van der Waals surface area (Å²) in [7, 11) is 0. The van der Waals surface area contributed by atoms with Crippen LogP contribution in [0.4, 0.5) is 4.79 Å². The van der Waals surface area contributed by atoms with E-state index in [2.05, 4.69) is 0 Å². The fourth-order valence-corrected chi connectivity index (χ4v) is 1.26. The highest BCUT2D eigenvalue weighted by molar-refractivity contribution is 5.77. The van der Waals surface area contributed by atoms with Gasteiger partial charge in [-0.25, -0.2) is 9.59 Å². The molecule has 5 nitrogen and oxygen atoms in total. The summed E-state index contributed by atoms with van der Waals surface area (Å²) in [4.78, 5) is 22.5. The van der Waals surface area contributed by atoms with E-state index in [1.807, 2.05) is 0 Å². The van der Waals surface area contributed by atoms with Gasteiger partial charge in [-0.05, 0) is 20.8 Å². The van der Waals surface area contributed by atoms with Gasteiger partial charge in [-0.3, -0.25) is 0 Å². The van der Waals surface area contributed by atoms with Gasteiger partial charge in [-0.2, -0.15) is 0 Å². The second-order valence-corrected chi connectivity index (χ2v) is 4.71. The zero-order valence-electron chi connectivity index (χ0n) is 10.5. The SMILES string of the molecule is CC(C)(C)OC(=O)O[C@H](C(=O)O)c1ccccc1. The van der Waals surface area contributed by atoms with Crippen molar-refractivity contribution in [3.63, 3.8) is 0 Å². The predicted octanol–water partition coefficient (Wildman–Crippen LogP) is 2.76. The van der Waals surface area contributed by atoms with Crippen molar-refractivity contribution in [2.45, 2.75) is 32.5 Å². The summed E-state index contributed by atoms with van der Waals surface area (Å²) < 4.78 is 9.73. The number of aliphatic carboxylic acids is 1. The molecule has 18 heavy (non-hydrogen) atoms. The zero-order valence-corrected chi connectivity index (χ0v) is 10.5. The number of hydrogen-bond acceptors (Lipinski definition) is 4. The van der Waals surface area contributed by atoms with Crippen LogP contribution < -0.4 is 0 Å². The topological polar surface area (TPSA) is 72.8 Å². The number of ether oxygens (including phenoxy) is 2. The first-order valence-corrected chi connectivity index (χ1v) is 5.47. The Kier molecular flexibility index (Phi) is 4.31. The maximum atomic E-state index is 11.4. The molecule has 0 aliphatic rings. The normalized spacial score (nSPS) is 12.6. The van der Waals surface area contributed by atoms with E-state index in [1.165, 1.54) is 0 Å². The van der Waals surface area contributed by atoms with Crippen molar-refractivity contribution >= 4 is 12.1 Å². The third-order valence-corrected chi connectivity index (χ3v) is 1.93. The lowest BCUT2D eigenvalue weighted by Gasteiger charge is -2.21. The molecule has 5 heteroatoms. The highest BCUT2D eigenvalue weighted by Crippen LogP contribution is 2.19. The van der Waals surface area contributed by atoms with E-state index >= 15 is 0 Å². The molecule has 1 rings (SSSR count). The lowest BCUT2D eigenvalue weighted by Crippen LogP contribution is -2.27. The van der Waals surface area contributed by atoms with E-state index in [4.69, 9.17) is 14.6 Å². The van der Waals surface area contributed by atoms with E-state index < -0.39 is 23.8 Å². The van der Waals surface area contributed by atoms with E-state index in [0.29, 0.717) is 5.56 Å². The molecule has 0 bridgehead atoms. The third kappa shape index (κ3) is 4.45. The summed E-state index contributed by atoms with van der Waals surface area (Å²) in [5.41, 5.74) is -0.340. The van der Waals surface area contributed by atoms with Gasteiger partial charge in [0.25, 0.3) is 0 Å². The summed E-state index contributed by atoms with van der Waals surface area (Å²) in [6.45, 7) is 5.02. The Labute approximate surface area is 105 Å². The highest BCUT2D eigenvalue weighted by Gasteiger charge is 2.27. The molecular formula is C13H16O5. The lowest BCUT2D eigenvalue weighted by molar-refractivity contribution is -0.149. The monoisotopic (exact) mass is 252 g/mol. The first kappa shape index (κ1) is 14.0. The van der Waals surface area contributed by atoms with Crippen LogP contribution in [0.2, 0.25) is 0 Å². The minimum Gasteiger partial charge on any atom is -0.478 e. The van der Waals surface area contributed by atoms with Crippen LogP contribution in [0.5, 0.6) is 0 Å². The third-order valence-electron chi connectivity index (χ3n) is 1.93. The van der Waals surface area contributed by atoms with Crippen LogP contribution in [0, 0.1) is 0 Å². The van der Waals surface area contributed by atoms with E-state index in [9.17, 15) is 9.59 Å². The molecule has 1 aromatic carbocycles. The van der Waals surface area contributed by atoms with Crippen molar-refractivity contribution in [3.05, 3.63) is 35.9 Å². The van der Waals surface area contributed by atoms with Crippen LogP contribution in [0.15, 0.2) is 30.3 Å². The van der Waals surface area contributed by atoms with Gasteiger partial charge in [-0.1, -0.05) is 30.3 Å². The number of carbonyl (C=O) groups excluding carboxylic acids is 1. The van der Waals surface area contributed by atoms with Gasteiger partial charge in [0, 0.05) is 5.56 Å². The summed E-state index contributed by atoms with van der Waals surface area (Å²) >= 11 is 0. The first-order chi connectivity index (χ1) is 8.29. The van der Waals surface area contributed by atoms with Crippen molar-refractivity contribution < 1.29 is 24.2 Å². The quantitative estimate of drug-likeness (QED) is 0.837. The van der Waals surface area contributed by atoms with Gasteiger partial charge < -0.3 is 14.6 Å². The molecule has 98 valence electrons. The molecule has 0 radical (unpaired) electrons. The Bertz CT molecular complexity index is 419. The molecule has 0 aliphatic carbocycles. The van der Waals surface area contributed by atoms with Gasteiger partial charge in [-0.15, -0.1) is 0 Å². The molecule has 0 saturated carbocycles. The standard InChI is InChI=1S/C13H16O5/c1-13(2,3)18-12(16)17-10(11(14)15)9-7-5-4-6-8-9/h4-8,10H,1-3H3,(H,14,15)/t10-/m0/s1. The largest absolute Gasteiger partial charge is 0.509 e. The second kappa shape index (κ2) is 5.53. The minimum atomic E-state index is -1.36. The van der Waals surface area contributed by atoms with E-state index in [0.717, 1.165) is 0 Å². The molecule has 0 heterocycles. The Morgan fingerprint density at radius 1 is 1.17 bits per heavy atom. The molecule has 1 aromatic rings. The number of hydrogen-bond donors (Lipinski definition) is 1. The van der Waals surface area contributed by atoms with Crippen LogP contribution in [-0.2, 0) is 14.3 Å². The lowest BCUT2D eigenvalue weighted by atomic mass is 10.1. The van der Waals surface area contributed by atoms with Gasteiger partial charge in [0.2, 0.25) is 6.10 Å². The molecule has 0 amide bonds. The first-order valence-electron chi connectivity index (χ1n) is 5.47. The Morgan fingerprint density at radius 2 is 1.72 bits per heavy atom. The Balaban J connectivity index is 2.77. The van der Waals surface area contributed by atoms with Crippen molar-refractivity contribution in [1.29, 1.82) is 0 Å². The molecule has 0 spiro atoms. The number of carboxylic acids is 1. The maximum Gasteiger partial charge on any atom is 0.509 e. The molecule has 0 aromatic heterocycles. The van der Waals surface area contributed by atoms with E-state index in [-0.39, 0.29) is 0 Å². The van der Waals surface area contributed by atoms with Crippen LogP contribution in [-0.4, -0.2) is 22.8 Å². The number of carboxylic acid groups (broad SMARTS) is 1.